The quantitative estimate of drug-likeness (QED) is 0.718. The molecule has 3 aromatic rings. The highest BCUT2D eigenvalue weighted by molar-refractivity contribution is 5.92. The van der Waals surface area contributed by atoms with Crippen molar-refractivity contribution in [2.24, 2.45) is 7.05 Å². The Balaban J connectivity index is 1.46. The second-order valence-corrected chi connectivity index (χ2v) is 5.58. The Morgan fingerprint density at radius 1 is 1.13 bits per heavy atom. The largest absolute Gasteiger partial charge is 0.423 e. The van der Waals surface area contributed by atoms with E-state index in [2.05, 4.69) is 15.0 Å². The Kier molecular flexibility index (Phi) is 3.25. The summed E-state index contributed by atoms with van der Waals surface area (Å²) in [5.41, 5.74) is 2.26. The second-order valence-electron chi connectivity index (χ2n) is 5.58. The molecule has 0 N–H and O–H groups in total. The van der Waals surface area contributed by atoms with Gasteiger partial charge in [0.15, 0.2) is 5.58 Å². The number of rotatable bonds is 2. The zero-order valence-electron chi connectivity index (χ0n) is 12.8. The molecule has 2 aromatic heterocycles. The van der Waals surface area contributed by atoms with E-state index in [0.717, 1.165) is 11.1 Å². The van der Waals surface area contributed by atoms with Crippen LogP contribution in [-0.2, 0) is 7.05 Å². The van der Waals surface area contributed by atoms with E-state index in [1.165, 1.54) is 0 Å². The van der Waals surface area contributed by atoms with Gasteiger partial charge in [-0.1, -0.05) is 12.1 Å². The summed E-state index contributed by atoms with van der Waals surface area (Å²) in [5.74, 6) is 0.0159. The van der Waals surface area contributed by atoms with Crippen LogP contribution in [0.1, 0.15) is 10.5 Å². The third kappa shape index (κ3) is 2.44. The Morgan fingerprint density at radius 2 is 1.91 bits per heavy atom. The van der Waals surface area contributed by atoms with Gasteiger partial charge in [-0.2, -0.15) is 10.1 Å². The van der Waals surface area contributed by atoms with Gasteiger partial charge in [0.05, 0.1) is 0 Å². The molecule has 7 heteroatoms. The predicted molar refractivity (Wildman–Crippen MR) is 85.3 cm³/mol. The first kappa shape index (κ1) is 13.8. The molecule has 0 spiro atoms. The number of aryl methyl sites for hydroxylation is 1. The number of piperazine rings is 1. The number of nitrogens with zero attached hydrogens (tertiary/aromatic N) is 5. The molecule has 0 bridgehead atoms. The lowest BCUT2D eigenvalue weighted by Gasteiger charge is -2.33. The number of oxazole rings is 1. The van der Waals surface area contributed by atoms with Gasteiger partial charge in [0.2, 0.25) is 0 Å². The molecule has 1 fully saturated rings. The maximum Gasteiger partial charge on any atom is 0.298 e. The standard InChI is InChI=1S/C16H17N5O2/c1-19-13(6-7-17-19)15(22)20-8-10-21(11-9-20)16-18-12-4-2-3-5-14(12)23-16/h2-7H,8-11H2,1H3. The first-order valence-corrected chi connectivity index (χ1v) is 7.60. The van der Waals surface area contributed by atoms with Crippen molar-refractivity contribution in [1.29, 1.82) is 0 Å². The van der Waals surface area contributed by atoms with Gasteiger partial charge in [-0.3, -0.25) is 9.48 Å². The van der Waals surface area contributed by atoms with Crippen molar-refractivity contribution in [3.05, 3.63) is 42.2 Å². The Morgan fingerprint density at radius 3 is 2.61 bits per heavy atom. The van der Waals surface area contributed by atoms with Crippen LogP contribution in [0.3, 0.4) is 0 Å². The molecule has 3 heterocycles. The van der Waals surface area contributed by atoms with Crippen LogP contribution in [0.15, 0.2) is 40.9 Å². The third-order valence-corrected chi connectivity index (χ3v) is 4.16. The summed E-state index contributed by atoms with van der Waals surface area (Å²) < 4.78 is 7.40. The fourth-order valence-corrected chi connectivity index (χ4v) is 2.84. The number of hydrogen-bond donors (Lipinski definition) is 0. The zero-order valence-corrected chi connectivity index (χ0v) is 12.8. The molecule has 4 rings (SSSR count). The molecule has 0 saturated carbocycles. The third-order valence-electron chi connectivity index (χ3n) is 4.16. The van der Waals surface area contributed by atoms with Crippen LogP contribution in [0.5, 0.6) is 0 Å². The average molecular weight is 311 g/mol. The first-order valence-electron chi connectivity index (χ1n) is 7.60. The second kappa shape index (κ2) is 5.42. The molecule has 0 atom stereocenters. The van der Waals surface area contributed by atoms with Crippen LogP contribution in [0.2, 0.25) is 0 Å². The van der Waals surface area contributed by atoms with Crippen LogP contribution in [0.4, 0.5) is 6.01 Å². The van der Waals surface area contributed by atoms with Crippen LogP contribution >= 0.6 is 0 Å². The molecule has 0 aliphatic carbocycles. The van der Waals surface area contributed by atoms with Gasteiger partial charge in [0.1, 0.15) is 11.2 Å². The van der Waals surface area contributed by atoms with E-state index in [-0.39, 0.29) is 5.91 Å². The van der Waals surface area contributed by atoms with Crippen LogP contribution in [0.25, 0.3) is 11.1 Å². The monoisotopic (exact) mass is 311 g/mol. The molecular formula is C16H17N5O2. The van der Waals surface area contributed by atoms with Gasteiger partial charge >= 0.3 is 0 Å². The lowest BCUT2D eigenvalue weighted by molar-refractivity contribution is 0.0734. The summed E-state index contributed by atoms with van der Waals surface area (Å²) in [4.78, 5) is 20.9. The molecule has 1 amide bonds. The molecule has 0 unspecified atom stereocenters. The highest BCUT2D eigenvalue weighted by atomic mass is 16.4. The van der Waals surface area contributed by atoms with E-state index in [1.54, 1.807) is 24.0 Å². The summed E-state index contributed by atoms with van der Waals surface area (Å²) in [7, 11) is 1.78. The van der Waals surface area contributed by atoms with E-state index in [0.29, 0.717) is 37.9 Å². The molecule has 1 aliphatic rings. The minimum Gasteiger partial charge on any atom is -0.423 e. The number of amides is 1. The molecule has 1 saturated heterocycles. The molecule has 1 aliphatic heterocycles. The Hall–Kier alpha value is -2.83. The molecular weight excluding hydrogens is 294 g/mol. The normalized spacial score (nSPS) is 15.3. The van der Waals surface area contributed by atoms with E-state index >= 15 is 0 Å². The number of carbonyl (C=O) groups excluding carboxylic acids is 1. The summed E-state index contributed by atoms with van der Waals surface area (Å²) >= 11 is 0. The number of carbonyl (C=O) groups is 1. The van der Waals surface area contributed by atoms with E-state index in [4.69, 9.17) is 4.42 Å². The van der Waals surface area contributed by atoms with Crippen molar-refractivity contribution in [3.63, 3.8) is 0 Å². The topological polar surface area (TPSA) is 67.4 Å². The van der Waals surface area contributed by atoms with E-state index in [1.807, 2.05) is 29.2 Å². The summed E-state index contributed by atoms with van der Waals surface area (Å²) in [5, 5.41) is 4.05. The molecule has 23 heavy (non-hydrogen) atoms. The number of hydrogen-bond acceptors (Lipinski definition) is 5. The number of aromatic nitrogens is 3. The first-order chi connectivity index (χ1) is 11.2. The van der Waals surface area contributed by atoms with E-state index < -0.39 is 0 Å². The van der Waals surface area contributed by atoms with Gasteiger partial charge in [-0.05, 0) is 18.2 Å². The number of para-hydroxylation sites is 2. The van der Waals surface area contributed by atoms with Crippen molar-refractivity contribution in [2.45, 2.75) is 0 Å². The van der Waals surface area contributed by atoms with Crippen molar-refractivity contribution < 1.29 is 9.21 Å². The number of anilines is 1. The lowest BCUT2D eigenvalue weighted by Crippen LogP contribution is -2.49. The van der Waals surface area contributed by atoms with Crippen molar-refractivity contribution in [3.8, 4) is 0 Å². The Bertz CT molecular complexity index is 812. The minimum absolute atomic E-state index is 0.0159. The molecule has 118 valence electrons. The molecule has 7 nitrogen and oxygen atoms in total. The highest BCUT2D eigenvalue weighted by Crippen LogP contribution is 2.22. The van der Waals surface area contributed by atoms with Crippen molar-refractivity contribution >= 4 is 23.0 Å². The van der Waals surface area contributed by atoms with Crippen molar-refractivity contribution in [1.82, 2.24) is 19.7 Å². The zero-order chi connectivity index (χ0) is 15.8. The number of fused-ring (bicyclic) bond motifs is 1. The van der Waals surface area contributed by atoms with E-state index in [9.17, 15) is 4.79 Å². The van der Waals surface area contributed by atoms with Crippen LogP contribution in [-0.4, -0.2) is 51.8 Å². The fraction of sp³-hybridized carbons (Fsp3) is 0.312. The fourth-order valence-electron chi connectivity index (χ4n) is 2.84. The highest BCUT2D eigenvalue weighted by Gasteiger charge is 2.25. The molecule has 1 aromatic carbocycles. The van der Waals surface area contributed by atoms with Gasteiger partial charge in [-0.25, -0.2) is 0 Å². The smallest absolute Gasteiger partial charge is 0.298 e. The number of benzene rings is 1. The van der Waals surface area contributed by atoms with Gasteiger partial charge < -0.3 is 14.2 Å². The average Bonchev–Trinajstić information content (AvgIpc) is 3.20. The van der Waals surface area contributed by atoms with Crippen LogP contribution < -0.4 is 4.90 Å². The maximum atomic E-state index is 12.5. The molecule has 0 radical (unpaired) electrons. The summed E-state index contributed by atoms with van der Waals surface area (Å²) in [6.45, 7) is 2.69. The van der Waals surface area contributed by atoms with Crippen LogP contribution in [0, 0.1) is 0 Å². The lowest BCUT2D eigenvalue weighted by atomic mass is 10.3. The van der Waals surface area contributed by atoms with Gasteiger partial charge in [0, 0.05) is 39.4 Å². The maximum absolute atomic E-state index is 12.5. The Labute approximate surface area is 133 Å². The summed E-state index contributed by atoms with van der Waals surface area (Å²) in [6, 6.07) is 10.1. The van der Waals surface area contributed by atoms with Gasteiger partial charge in [-0.15, -0.1) is 0 Å². The summed E-state index contributed by atoms with van der Waals surface area (Å²) in [6.07, 6.45) is 1.64. The van der Waals surface area contributed by atoms with Gasteiger partial charge in [0.25, 0.3) is 11.9 Å². The minimum atomic E-state index is 0.0159. The van der Waals surface area contributed by atoms with Crippen molar-refractivity contribution in [2.75, 3.05) is 31.1 Å². The predicted octanol–water partition coefficient (Wildman–Crippen LogP) is 1.52. The SMILES string of the molecule is Cn1nccc1C(=O)N1CCN(c2nc3ccccc3o2)CC1.